The van der Waals surface area contributed by atoms with Crippen molar-refractivity contribution in [1.82, 2.24) is 0 Å². The number of halogens is 1. The molecule has 0 aliphatic carbocycles. The fraction of sp³-hybridized carbons (Fsp3) is 0.478. The summed E-state index contributed by atoms with van der Waals surface area (Å²) in [4.78, 5) is 12.5. The summed E-state index contributed by atoms with van der Waals surface area (Å²) in [7, 11) is 0. The molecule has 0 bridgehead atoms. The van der Waals surface area contributed by atoms with Crippen LogP contribution in [0.4, 0.5) is 4.39 Å². The van der Waals surface area contributed by atoms with E-state index in [1.54, 1.807) is 26.0 Å². The lowest BCUT2D eigenvalue weighted by molar-refractivity contribution is -0.139. The van der Waals surface area contributed by atoms with E-state index >= 15 is 0 Å². The highest BCUT2D eigenvalue weighted by molar-refractivity contribution is 5.92. The van der Waals surface area contributed by atoms with Crippen molar-refractivity contribution in [1.29, 1.82) is 5.26 Å². The molecule has 0 spiro atoms. The molecule has 1 aromatic carbocycles. The Balaban J connectivity index is 2.26. The predicted molar refractivity (Wildman–Crippen MR) is 110 cm³/mol. The second-order valence-corrected chi connectivity index (χ2v) is 7.08. The van der Waals surface area contributed by atoms with Crippen molar-refractivity contribution in [2.75, 3.05) is 13.2 Å². The van der Waals surface area contributed by atoms with E-state index in [9.17, 15) is 14.4 Å². The molecule has 0 amide bonds. The van der Waals surface area contributed by atoms with Crippen molar-refractivity contribution in [2.45, 2.75) is 59.0 Å². The molecule has 162 valence electrons. The number of benzene rings is 1. The topological polar surface area (TPSA) is 94.6 Å². The molecular weight excluding hydrogens is 387 g/mol. The van der Waals surface area contributed by atoms with E-state index in [0.29, 0.717) is 17.7 Å². The van der Waals surface area contributed by atoms with Crippen LogP contribution in [0.3, 0.4) is 0 Å². The lowest BCUT2D eigenvalue weighted by Gasteiger charge is -2.27. The van der Waals surface area contributed by atoms with Crippen LogP contribution in [0.25, 0.3) is 0 Å². The minimum absolute atomic E-state index is 0.0444. The lowest BCUT2D eigenvalue weighted by atomic mass is 9.82. The maximum atomic E-state index is 14.8. The molecule has 0 saturated carbocycles. The van der Waals surface area contributed by atoms with E-state index < -0.39 is 17.7 Å². The van der Waals surface area contributed by atoms with Crippen molar-refractivity contribution in [3.63, 3.8) is 0 Å². The van der Waals surface area contributed by atoms with E-state index in [1.165, 1.54) is 6.07 Å². The summed E-state index contributed by atoms with van der Waals surface area (Å²) in [5, 5.41) is 9.58. The van der Waals surface area contributed by atoms with Crippen LogP contribution in [0, 0.1) is 17.1 Å². The third-order valence-electron chi connectivity index (χ3n) is 4.91. The van der Waals surface area contributed by atoms with Gasteiger partial charge < -0.3 is 19.9 Å². The van der Waals surface area contributed by atoms with E-state index in [4.69, 9.17) is 19.9 Å². The fourth-order valence-electron chi connectivity index (χ4n) is 3.36. The van der Waals surface area contributed by atoms with Gasteiger partial charge in [0.05, 0.1) is 24.7 Å². The van der Waals surface area contributed by atoms with Crippen molar-refractivity contribution in [2.24, 2.45) is 5.73 Å². The van der Waals surface area contributed by atoms with Crippen LogP contribution in [-0.4, -0.2) is 19.2 Å². The molecule has 30 heavy (non-hydrogen) atoms. The van der Waals surface area contributed by atoms with Gasteiger partial charge >= 0.3 is 5.97 Å². The maximum Gasteiger partial charge on any atom is 0.338 e. The molecule has 2 rings (SSSR count). The first-order valence-corrected chi connectivity index (χ1v) is 10.3. The van der Waals surface area contributed by atoms with Crippen LogP contribution >= 0.6 is 0 Å². The van der Waals surface area contributed by atoms with Crippen molar-refractivity contribution >= 4 is 5.97 Å². The summed E-state index contributed by atoms with van der Waals surface area (Å²) in [6.45, 7) is 6.28. The highest BCUT2D eigenvalue weighted by Gasteiger charge is 2.36. The third kappa shape index (κ3) is 5.61. The number of hydrogen-bond donors (Lipinski definition) is 1. The van der Waals surface area contributed by atoms with Gasteiger partial charge in [0.25, 0.3) is 0 Å². The molecule has 6 nitrogen and oxygen atoms in total. The quantitative estimate of drug-likeness (QED) is 0.444. The minimum atomic E-state index is -0.860. The molecule has 2 N–H and O–H groups in total. The van der Waals surface area contributed by atoms with Gasteiger partial charge in [-0.3, -0.25) is 0 Å². The number of carbonyl (C=O) groups is 1. The average Bonchev–Trinajstić information content (AvgIpc) is 2.71. The monoisotopic (exact) mass is 416 g/mol. The van der Waals surface area contributed by atoms with Crippen LogP contribution in [0.15, 0.2) is 41.0 Å². The number of nitriles is 1. The summed E-state index contributed by atoms with van der Waals surface area (Å²) in [6.07, 6.45) is 4.34. The van der Waals surface area contributed by atoms with E-state index in [0.717, 1.165) is 25.7 Å². The van der Waals surface area contributed by atoms with Crippen LogP contribution in [0.5, 0.6) is 0 Å². The van der Waals surface area contributed by atoms with Crippen molar-refractivity contribution in [3.8, 4) is 6.07 Å². The van der Waals surface area contributed by atoms with Gasteiger partial charge in [-0.15, -0.1) is 0 Å². The standard InChI is InChI=1S/C23H29FN2O4/c1-4-6-7-8-11-28-14-17-10-9-16(12-19(17)24)21-18(13-25)22(26)30-15(3)20(21)23(27)29-5-2/h9-10,12,21H,4-8,11,14,26H2,1-3H3. The Bertz CT molecular complexity index is 870. The van der Waals surface area contributed by atoms with Gasteiger partial charge in [0, 0.05) is 12.2 Å². The number of ether oxygens (including phenoxy) is 3. The van der Waals surface area contributed by atoms with E-state index in [1.807, 2.05) is 6.07 Å². The molecule has 1 atom stereocenters. The number of nitrogens with two attached hydrogens (primary N) is 1. The molecule has 1 aliphatic rings. The Morgan fingerprint density at radius 3 is 2.70 bits per heavy atom. The molecule has 1 aromatic rings. The van der Waals surface area contributed by atoms with Gasteiger partial charge in [-0.2, -0.15) is 5.26 Å². The zero-order valence-electron chi connectivity index (χ0n) is 17.8. The Morgan fingerprint density at radius 2 is 2.07 bits per heavy atom. The fourth-order valence-corrected chi connectivity index (χ4v) is 3.36. The van der Waals surface area contributed by atoms with Gasteiger partial charge in [-0.05, 0) is 31.9 Å². The molecule has 0 radical (unpaired) electrons. The minimum Gasteiger partial charge on any atom is -0.463 e. The summed E-state index contributed by atoms with van der Waals surface area (Å²) >= 11 is 0. The summed E-state index contributed by atoms with van der Waals surface area (Å²) < 4.78 is 30.8. The molecule has 0 fully saturated rings. The predicted octanol–water partition coefficient (Wildman–Crippen LogP) is 4.57. The number of allylic oxidation sites excluding steroid dienone is 2. The first-order valence-electron chi connectivity index (χ1n) is 10.3. The molecular formula is C23H29FN2O4. The molecule has 1 aliphatic heterocycles. The van der Waals surface area contributed by atoms with Crippen molar-refractivity contribution < 1.29 is 23.4 Å². The SMILES string of the molecule is CCCCCCOCc1ccc(C2C(C#N)=C(N)OC(C)=C2C(=O)OCC)cc1F. The molecule has 1 heterocycles. The number of rotatable bonds is 10. The zero-order valence-corrected chi connectivity index (χ0v) is 17.8. The summed E-state index contributed by atoms with van der Waals surface area (Å²) in [5.41, 5.74) is 6.88. The number of nitrogens with zero attached hydrogens (tertiary/aromatic N) is 1. The number of unbranched alkanes of at least 4 members (excludes halogenated alkanes) is 3. The lowest BCUT2D eigenvalue weighted by Crippen LogP contribution is -2.25. The number of esters is 1. The molecule has 7 heteroatoms. The van der Waals surface area contributed by atoms with Crippen LogP contribution < -0.4 is 5.73 Å². The first-order chi connectivity index (χ1) is 14.4. The third-order valence-corrected chi connectivity index (χ3v) is 4.91. The van der Waals surface area contributed by atoms with Crippen LogP contribution in [-0.2, 0) is 25.6 Å². The smallest absolute Gasteiger partial charge is 0.338 e. The Hall–Kier alpha value is -2.85. The number of carbonyl (C=O) groups excluding carboxylic acids is 1. The van der Waals surface area contributed by atoms with Gasteiger partial charge in [0.15, 0.2) is 0 Å². The highest BCUT2D eigenvalue weighted by atomic mass is 19.1. The number of hydrogen-bond acceptors (Lipinski definition) is 6. The largest absolute Gasteiger partial charge is 0.463 e. The Kier molecular flexibility index (Phi) is 8.88. The average molecular weight is 416 g/mol. The molecule has 0 saturated heterocycles. The molecule has 1 unspecified atom stereocenters. The molecule has 0 aromatic heterocycles. The van der Waals surface area contributed by atoms with Gasteiger partial charge in [0.2, 0.25) is 5.88 Å². The van der Waals surface area contributed by atoms with Crippen LogP contribution in [0.1, 0.15) is 63.5 Å². The van der Waals surface area contributed by atoms with E-state index in [-0.39, 0.29) is 36.0 Å². The van der Waals surface area contributed by atoms with Crippen molar-refractivity contribution in [3.05, 3.63) is 57.9 Å². The highest BCUT2D eigenvalue weighted by Crippen LogP contribution is 2.40. The van der Waals surface area contributed by atoms with Gasteiger partial charge in [-0.25, -0.2) is 9.18 Å². The van der Waals surface area contributed by atoms with E-state index in [2.05, 4.69) is 6.92 Å². The van der Waals surface area contributed by atoms with Gasteiger partial charge in [0.1, 0.15) is 23.2 Å². The van der Waals surface area contributed by atoms with Crippen LogP contribution in [0.2, 0.25) is 0 Å². The summed E-state index contributed by atoms with van der Waals surface area (Å²) in [5.74, 6) is -1.83. The Labute approximate surface area is 177 Å². The second kappa shape index (κ2) is 11.4. The van der Waals surface area contributed by atoms with Gasteiger partial charge in [-0.1, -0.05) is 38.3 Å². The first kappa shape index (κ1) is 23.4. The Morgan fingerprint density at radius 1 is 1.30 bits per heavy atom. The second-order valence-electron chi connectivity index (χ2n) is 7.08. The summed E-state index contributed by atoms with van der Waals surface area (Å²) in [6, 6.07) is 6.57. The zero-order chi connectivity index (χ0) is 22.1. The maximum absolute atomic E-state index is 14.8. The normalized spacial score (nSPS) is 16.3.